The smallest absolute Gasteiger partial charge is 0.236 e. The van der Waals surface area contributed by atoms with E-state index in [2.05, 4.69) is 22.9 Å². The van der Waals surface area contributed by atoms with Crippen molar-refractivity contribution in [3.63, 3.8) is 0 Å². The standard InChI is InChI=1S/C13H27N3O2/c1-6-7-8-15-11(17)10(2)16-9-13(3,4)12(18)14-5/h10,16H,6-9H2,1-5H3,(H,14,18)(H,15,17). The summed E-state index contributed by atoms with van der Waals surface area (Å²) in [6.45, 7) is 8.76. The molecule has 0 spiro atoms. The van der Waals surface area contributed by atoms with Crippen molar-refractivity contribution in [1.29, 1.82) is 0 Å². The van der Waals surface area contributed by atoms with E-state index >= 15 is 0 Å². The summed E-state index contributed by atoms with van der Waals surface area (Å²) in [5.41, 5.74) is -0.521. The Morgan fingerprint density at radius 3 is 2.39 bits per heavy atom. The number of carbonyl (C=O) groups excluding carboxylic acids is 2. The Kier molecular flexibility index (Phi) is 7.59. The van der Waals surface area contributed by atoms with Crippen LogP contribution in [-0.2, 0) is 9.59 Å². The summed E-state index contributed by atoms with van der Waals surface area (Å²) in [6, 6.07) is -0.286. The van der Waals surface area contributed by atoms with Gasteiger partial charge in [-0.1, -0.05) is 13.3 Å². The van der Waals surface area contributed by atoms with Gasteiger partial charge in [0.05, 0.1) is 11.5 Å². The summed E-state index contributed by atoms with van der Waals surface area (Å²) in [5, 5.41) is 8.57. The van der Waals surface area contributed by atoms with Crippen molar-refractivity contribution < 1.29 is 9.59 Å². The maximum atomic E-state index is 11.7. The van der Waals surface area contributed by atoms with Crippen LogP contribution in [0.4, 0.5) is 0 Å². The summed E-state index contributed by atoms with van der Waals surface area (Å²) >= 11 is 0. The largest absolute Gasteiger partial charge is 0.359 e. The van der Waals surface area contributed by atoms with Crippen molar-refractivity contribution in [1.82, 2.24) is 16.0 Å². The highest BCUT2D eigenvalue weighted by Gasteiger charge is 2.27. The Labute approximate surface area is 110 Å². The average molecular weight is 257 g/mol. The number of unbranched alkanes of at least 4 members (excludes halogenated alkanes) is 1. The predicted octanol–water partition coefficient (Wildman–Crippen LogP) is 0.653. The van der Waals surface area contributed by atoms with Crippen molar-refractivity contribution in [2.45, 2.75) is 46.6 Å². The third kappa shape index (κ3) is 6.00. The second-order valence-electron chi connectivity index (χ2n) is 5.21. The molecule has 0 aliphatic rings. The van der Waals surface area contributed by atoms with Gasteiger partial charge in [-0.25, -0.2) is 0 Å². The molecular weight excluding hydrogens is 230 g/mol. The highest BCUT2D eigenvalue weighted by atomic mass is 16.2. The van der Waals surface area contributed by atoms with E-state index in [1.807, 2.05) is 13.8 Å². The summed E-state index contributed by atoms with van der Waals surface area (Å²) in [5.74, 6) is -0.0512. The first kappa shape index (κ1) is 16.9. The van der Waals surface area contributed by atoms with Gasteiger partial charge in [0.15, 0.2) is 0 Å². The Morgan fingerprint density at radius 1 is 1.28 bits per heavy atom. The fraction of sp³-hybridized carbons (Fsp3) is 0.846. The third-order valence-corrected chi connectivity index (χ3v) is 2.91. The summed E-state index contributed by atoms with van der Waals surface area (Å²) in [7, 11) is 1.62. The number of amides is 2. The third-order valence-electron chi connectivity index (χ3n) is 2.91. The first-order valence-corrected chi connectivity index (χ1v) is 6.58. The molecule has 18 heavy (non-hydrogen) atoms. The molecule has 0 aromatic carbocycles. The molecule has 0 aliphatic heterocycles. The van der Waals surface area contributed by atoms with E-state index in [1.165, 1.54) is 0 Å². The van der Waals surface area contributed by atoms with Crippen molar-refractivity contribution in [3.8, 4) is 0 Å². The number of nitrogens with one attached hydrogen (secondary N) is 3. The fourth-order valence-electron chi connectivity index (χ4n) is 1.46. The van der Waals surface area contributed by atoms with Gasteiger partial charge in [-0.3, -0.25) is 9.59 Å². The van der Waals surface area contributed by atoms with E-state index in [-0.39, 0.29) is 17.9 Å². The highest BCUT2D eigenvalue weighted by molar-refractivity contribution is 5.83. The normalized spacial score (nSPS) is 12.9. The summed E-state index contributed by atoms with van der Waals surface area (Å²) in [6.07, 6.45) is 2.05. The second kappa shape index (κ2) is 8.08. The van der Waals surface area contributed by atoms with Gasteiger partial charge < -0.3 is 16.0 Å². The molecule has 0 fully saturated rings. The van der Waals surface area contributed by atoms with Crippen LogP contribution in [0.1, 0.15) is 40.5 Å². The second-order valence-corrected chi connectivity index (χ2v) is 5.21. The molecule has 0 bridgehead atoms. The van der Waals surface area contributed by atoms with Gasteiger partial charge in [0.25, 0.3) is 0 Å². The van der Waals surface area contributed by atoms with Crippen LogP contribution in [0.25, 0.3) is 0 Å². The van der Waals surface area contributed by atoms with E-state index in [9.17, 15) is 9.59 Å². The number of hydrogen-bond acceptors (Lipinski definition) is 3. The molecule has 0 aliphatic carbocycles. The van der Waals surface area contributed by atoms with Gasteiger partial charge in [0.1, 0.15) is 0 Å². The first-order chi connectivity index (χ1) is 8.35. The molecular formula is C13H27N3O2. The van der Waals surface area contributed by atoms with Crippen LogP contribution >= 0.6 is 0 Å². The number of hydrogen-bond donors (Lipinski definition) is 3. The minimum atomic E-state index is -0.521. The Bertz CT molecular complexity index is 277. The lowest BCUT2D eigenvalue weighted by Crippen LogP contribution is -2.49. The molecule has 0 saturated heterocycles. The first-order valence-electron chi connectivity index (χ1n) is 6.58. The number of carbonyl (C=O) groups is 2. The molecule has 106 valence electrons. The van der Waals surface area contributed by atoms with Gasteiger partial charge in [-0.2, -0.15) is 0 Å². The monoisotopic (exact) mass is 257 g/mol. The van der Waals surface area contributed by atoms with Crippen LogP contribution in [0, 0.1) is 5.41 Å². The van der Waals surface area contributed by atoms with Gasteiger partial charge >= 0.3 is 0 Å². The van der Waals surface area contributed by atoms with E-state index in [1.54, 1.807) is 14.0 Å². The van der Waals surface area contributed by atoms with Gasteiger partial charge in [0, 0.05) is 20.1 Å². The van der Waals surface area contributed by atoms with Crippen molar-refractivity contribution >= 4 is 11.8 Å². The van der Waals surface area contributed by atoms with Crippen molar-refractivity contribution in [2.24, 2.45) is 5.41 Å². The van der Waals surface area contributed by atoms with Crippen LogP contribution < -0.4 is 16.0 Å². The van der Waals surface area contributed by atoms with E-state index in [0.717, 1.165) is 12.8 Å². The zero-order valence-corrected chi connectivity index (χ0v) is 12.2. The Balaban J connectivity index is 4.05. The van der Waals surface area contributed by atoms with E-state index in [0.29, 0.717) is 13.1 Å². The van der Waals surface area contributed by atoms with Gasteiger partial charge in [-0.05, 0) is 27.2 Å². The zero-order valence-electron chi connectivity index (χ0n) is 12.2. The van der Waals surface area contributed by atoms with Crippen molar-refractivity contribution in [3.05, 3.63) is 0 Å². The summed E-state index contributed by atoms with van der Waals surface area (Å²) < 4.78 is 0. The fourth-order valence-corrected chi connectivity index (χ4v) is 1.46. The minimum absolute atomic E-state index is 0.0174. The lowest BCUT2D eigenvalue weighted by molar-refractivity contribution is -0.129. The number of rotatable bonds is 8. The molecule has 0 heterocycles. The van der Waals surface area contributed by atoms with Crippen molar-refractivity contribution in [2.75, 3.05) is 20.1 Å². The highest BCUT2D eigenvalue weighted by Crippen LogP contribution is 2.13. The zero-order chi connectivity index (χ0) is 14.2. The van der Waals surface area contributed by atoms with E-state index < -0.39 is 5.41 Å². The van der Waals surface area contributed by atoms with E-state index in [4.69, 9.17) is 0 Å². The predicted molar refractivity (Wildman–Crippen MR) is 73.2 cm³/mol. The average Bonchev–Trinajstić information content (AvgIpc) is 2.34. The molecule has 0 rings (SSSR count). The minimum Gasteiger partial charge on any atom is -0.359 e. The molecule has 3 N–H and O–H groups in total. The van der Waals surface area contributed by atoms with Gasteiger partial charge in [-0.15, -0.1) is 0 Å². The van der Waals surface area contributed by atoms with Crippen LogP contribution in [0.15, 0.2) is 0 Å². The molecule has 0 saturated carbocycles. The van der Waals surface area contributed by atoms with Crippen LogP contribution in [0.2, 0.25) is 0 Å². The Hall–Kier alpha value is -1.10. The maximum Gasteiger partial charge on any atom is 0.236 e. The molecule has 1 unspecified atom stereocenters. The SMILES string of the molecule is CCCCNC(=O)C(C)NCC(C)(C)C(=O)NC. The Morgan fingerprint density at radius 2 is 1.89 bits per heavy atom. The molecule has 0 aromatic heterocycles. The van der Waals surface area contributed by atoms with Gasteiger partial charge in [0.2, 0.25) is 11.8 Å². The molecule has 0 radical (unpaired) electrons. The maximum absolute atomic E-state index is 11.7. The molecule has 0 aromatic rings. The quantitative estimate of drug-likeness (QED) is 0.559. The summed E-state index contributed by atoms with van der Waals surface area (Å²) in [4.78, 5) is 23.3. The van der Waals surface area contributed by atoms with Crippen LogP contribution in [0.5, 0.6) is 0 Å². The molecule has 2 amide bonds. The molecule has 1 atom stereocenters. The molecule has 5 nitrogen and oxygen atoms in total. The van der Waals surface area contributed by atoms with Crippen LogP contribution in [-0.4, -0.2) is 38.0 Å². The lowest BCUT2D eigenvalue weighted by Gasteiger charge is -2.25. The molecule has 5 heteroatoms. The topological polar surface area (TPSA) is 70.2 Å². The van der Waals surface area contributed by atoms with Crippen LogP contribution in [0.3, 0.4) is 0 Å². The lowest BCUT2D eigenvalue weighted by atomic mass is 9.92.